The number of aliphatic imine (C=N–C) groups is 1. The van der Waals surface area contributed by atoms with Crippen molar-refractivity contribution in [2.24, 2.45) is 22.4 Å². The highest BCUT2D eigenvalue weighted by molar-refractivity contribution is 5.88. The van der Waals surface area contributed by atoms with Crippen molar-refractivity contribution in [3.8, 4) is 11.5 Å². The highest BCUT2D eigenvalue weighted by Crippen LogP contribution is 2.62. The maximum absolute atomic E-state index is 13.1. The maximum atomic E-state index is 13.1. The van der Waals surface area contributed by atoms with Crippen molar-refractivity contribution >= 4 is 23.7 Å². The standard InChI is InChI=1S/C30H42N6O6/c1-17(37)34-20(6-4-13-33-28(31)32)22(38)7-5-14-36(3)29(40)41-24-11-8-18-16-21-19-9-10-23(39)27-30(19,12-15-35(21)2)25(18)26(24)42-27/h8-11,19-21,23,27,39H,4-7,12-16H2,1-3H3,(H,34,37)(H4,31,32,33)/t19?,20-,21+,23?,27-,30-/m0/s1. The van der Waals surface area contributed by atoms with Crippen LogP contribution in [0.3, 0.4) is 0 Å². The zero-order chi connectivity index (χ0) is 30.2. The summed E-state index contributed by atoms with van der Waals surface area (Å²) in [5.41, 5.74) is 12.6. The van der Waals surface area contributed by atoms with Crippen LogP contribution in [-0.4, -0.2) is 96.7 Å². The first kappa shape index (κ1) is 29.8. The number of ether oxygens (including phenoxy) is 2. The van der Waals surface area contributed by atoms with Crippen LogP contribution in [-0.2, 0) is 21.4 Å². The third-order valence-electron chi connectivity index (χ3n) is 9.27. The summed E-state index contributed by atoms with van der Waals surface area (Å²) in [4.78, 5) is 45.3. The van der Waals surface area contributed by atoms with Gasteiger partial charge in [0.1, 0.15) is 12.2 Å². The molecule has 228 valence electrons. The number of likely N-dealkylation sites (tertiary alicyclic amines) is 1. The summed E-state index contributed by atoms with van der Waals surface area (Å²) in [7, 11) is 3.78. The number of nitrogens with two attached hydrogens (primary N) is 2. The molecule has 1 aromatic rings. The molecule has 1 saturated heterocycles. The van der Waals surface area contributed by atoms with Crippen molar-refractivity contribution in [1.29, 1.82) is 0 Å². The third kappa shape index (κ3) is 5.45. The van der Waals surface area contributed by atoms with Crippen molar-refractivity contribution in [2.45, 2.75) is 75.2 Å². The summed E-state index contributed by atoms with van der Waals surface area (Å²) < 4.78 is 12.3. The summed E-state index contributed by atoms with van der Waals surface area (Å²) >= 11 is 0. The third-order valence-corrected chi connectivity index (χ3v) is 9.27. The number of likely N-dealkylation sites (N-methyl/N-ethyl adjacent to an activating group) is 1. The predicted octanol–water partition coefficient (Wildman–Crippen LogP) is 0.831. The molecule has 4 aliphatic rings. The maximum Gasteiger partial charge on any atom is 0.415 e. The van der Waals surface area contributed by atoms with E-state index in [4.69, 9.17) is 20.9 Å². The molecule has 2 aliphatic carbocycles. The molecule has 1 aromatic carbocycles. The first-order valence-electron chi connectivity index (χ1n) is 14.7. The second-order valence-electron chi connectivity index (χ2n) is 12.0. The van der Waals surface area contributed by atoms with E-state index in [1.165, 1.54) is 17.4 Å². The fraction of sp³-hybridized carbons (Fsp3) is 0.600. The van der Waals surface area contributed by atoms with E-state index < -0.39 is 24.3 Å². The smallest absolute Gasteiger partial charge is 0.415 e. The second-order valence-corrected chi connectivity index (χ2v) is 12.0. The normalized spacial score (nSPS) is 27.3. The molecule has 12 heteroatoms. The summed E-state index contributed by atoms with van der Waals surface area (Å²) in [5.74, 6) is 0.700. The lowest BCUT2D eigenvalue weighted by molar-refractivity contribution is -0.127. The van der Waals surface area contributed by atoms with Gasteiger partial charge in [-0.25, -0.2) is 4.79 Å². The number of hydrogen-bond acceptors (Lipinski definition) is 8. The summed E-state index contributed by atoms with van der Waals surface area (Å²) in [6.07, 6.45) is 5.56. The van der Waals surface area contributed by atoms with Crippen molar-refractivity contribution in [2.75, 3.05) is 33.7 Å². The molecule has 2 amide bonds. The van der Waals surface area contributed by atoms with Gasteiger partial charge in [0.2, 0.25) is 5.91 Å². The van der Waals surface area contributed by atoms with Gasteiger partial charge in [0, 0.05) is 56.4 Å². The molecule has 2 aliphatic heterocycles. The molecule has 6 N–H and O–H groups in total. The monoisotopic (exact) mass is 582 g/mol. The van der Waals surface area contributed by atoms with E-state index in [1.807, 2.05) is 12.1 Å². The summed E-state index contributed by atoms with van der Waals surface area (Å²) in [5, 5.41) is 13.6. The molecule has 2 bridgehead atoms. The number of benzene rings is 1. The van der Waals surface area contributed by atoms with Gasteiger partial charge in [-0.1, -0.05) is 18.2 Å². The zero-order valence-corrected chi connectivity index (χ0v) is 24.5. The molecule has 0 saturated carbocycles. The Morgan fingerprint density at radius 2 is 2.07 bits per heavy atom. The number of rotatable bonds is 11. The Balaban J connectivity index is 1.21. The van der Waals surface area contributed by atoms with E-state index in [9.17, 15) is 19.5 Å². The lowest BCUT2D eigenvalue weighted by Crippen LogP contribution is -2.64. The van der Waals surface area contributed by atoms with E-state index in [2.05, 4.69) is 28.3 Å². The molecule has 5 rings (SSSR count). The van der Waals surface area contributed by atoms with E-state index >= 15 is 0 Å². The van der Waals surface area contributed by atoms with Crippen molar-refractivity contribution in [1.82, 2.24) is 15.1 Å². The fourth-order valence-corrected chi connectivity index (χ4v) is 7.30. The van der Waals surface area contributed by atoms with Crippen LogP contribution in [0, 0.1) is 5.92 Å². The van der Waals surface area contributed by atoms with Gasteiger partial charge in [0.05, 0.1) is 6.04 Å². The topological polar surface area (TPSA) is 173 Å². The molecule has 42 heavy (non-hydrogen) atoms. The van der Waals surface area contributed by atoms with Crippen LogP contribution in [0.4, 0.5) is 4.79 Å². The van der Waals surface area contributed by atoms with Crippen LogP contribution < -0.4 is 26.3 Å². The summed E-state index contributed by atoms with van der Waals surface area (Å²) in [6, 6.07) is 3.50. The number of aliphatic hydroxyl groups is 1. The van der Waals surface area contributed by atoms with Crippen LogP contribution in [0.25, 0.3) is 0 Å². The van der Waals surface area contributed by atoms with Crippen LogP contribution in [0.15, 0.2) is 29.3 Å². The minimum Gasteiger partial charge on any atom is -0.482 e. The number of carbonyl (C=O) groups excluding carboxylic acids is 3. The van der Waals surface area contributed by atoms with Crippen LogP contribution >= 0.6 is 0 Å². The molecule has 0 aromatic heterocycles. The van der Waals surface area contributed by atoms with Crippen LogP contribution in [0.2, 0.25) is 0 Å². The number of carbonyl (C=O) groups is 3. The van der Waals surface area contributed by atoms with Gasteiger partial charge >= 0.3 is 6.09 Å². The van der Waals surface area contributed by atoms with Gasteiger partial charge in [-0.2, -0.15) is 0 Å². The Hall–Kier alpha value is -3.64. The quantitative estimate of drug-likeness (QED) is 0.128. The molecular formula is C30H42N6O6. The molecule has 1 spiro atoms. The molecular weight excluding hydrogens is 540 g/mol. The Labute approximate surface area is 246 Å². The Morgan fingerprint density at radius 3 is 2.81 bits per heavy atom. The van der Waals surface area contributed by atoms with E-state index in [0.717, 1.165) is 24.9 Å². The fourth-order valence-electron chi connectivity index (χ4n) is 7.30. The van der Waals surface area contributed by atoms with Gasteiger partial charge < -0.3 is 41.2 Å². The van der Waals surface area contributed by atoms with E-state index in [0.29, 0.717) is 43.3 Å². The van der Waals surface area contributed by atoms with Gasteiger partial charge in [0.15, 0.2) is 23.2 Å². The molecule has 12 nitrogen and oxygen atoms in total. The number of guanidine groups is 1. The zero-order valence-electron chi connectivity index (χ0n) is 24.5. The van der Waals surface area contributed by atoms with E-state index in [1.54, 1.807) is 13.1 Å². The number of aliphatic hydroxyl groups excluding tert-OH is 1. The second kappa shape index (κ2) is 11.9. The predicted molar refractivity (Wildman–Crippen MR) is 156 cm³/mol. The van der Waals surface area contributed by atoms with Gasteiger partial charge in [-0.3, -0.25) is 14.6 Å². The van der Waals surface area contributed by atoms with Crippen molar-refractivity contribution < 1.29 is 29.0 Å². The lowest BCUT2D eigenvalue weighted by atomic mass is 9.53. The number of Topliss-reactive ketones (excluding diaryl/α,β-unsaturated/α-hetero) is 1. The average molecular weight is 583 g/mol. The molecule has 2 unspecified atom stereocenters. The summed E-state index contributed by atoms with van der Waals surface area (Å²) in [6.45, 7) is 2.93. The number of piperidine rings is 1. The van der Waals surface area contributed by atoms with Gasteiger partial charge in [0.25, 0.3) is 0 Å². The number of hydrogen-bond donors (Lipinski definition) is 4. The van der Waals surface area contributed by atoms with Gasteiger partial charge in [-0.05, 0) is 57.3 Å². The molecule has 1 fully saturated rings. The number of ketones is 1. The van der Waals surface area contributed by atoms with Crippen molar-refractivity contribution in [3.05, 3.63) is 35.4 Å². The Kier molecular flexibility index (Phi) is 8.47. The number of nitrogens with one attached hydrogen (secondary N) is 1. The number of amides is 2. The largest absolute Gasteiger partial charge is 0.482 e. The van der Waals surface area contributed by atoms with Crippen molar-refractivity contribution in [3.63, 3.8) is 0 Å². The SMILES string of the molecule is CC(=O)N[C@@H](CCCN=C(N)N)C(=O)CCCN(C)C(=O)Oc1ccc2c3c1O[C@H]1C(O)C=CC4[C@@H](C2)N(C)CC[C@@]341. The van der Waals surface area contributed by atoms with E-state index in [-0.39, 0.29) is 41.9 Å². The van der Waals surface area contributed by atoms with Gasteiger partial charge in [-0.15, -0.1) is 0 Å². The highest BCUT2D eigenvalue weighted by atomic mass is 16.6. The molecule has 6 atom stereocenters. The minimum absolute atomic E-state index is 0.0182. The molecule has 2 heterocycles. The van der Waals surface area contributed by atoms with Crippen LogP contribution in [0.5, 0.6) is 11.5 Å². The Morgan fingerprint density at radius 1 is 1.29 bits per heavy atom. The first-order chi connectivity index (χ1) is 20.0. The molecule has 0 radical (unpaired) electrons. The lowest BCUT2D eigenvalue weighted by Gasteiger charge is -2.56. The number of nitrogens with zero attached hydrogens (tertiary/aromatic N) is 3. The average Bonchev–Trinajstić information content (AvgIpc) is 3.30. The highest BCUT2D eigenvalue weighted by Gasteiger charge is 2.64. The Bertz CT molecular complexity index is 1300. The van der Waals surface area contributed by atoms with Crippen LogP contribution in [0.1, 0.15) is 50.2 Å². The minimum atomic E-state index is -0.736. The first-order valence-corrected chi connectivity index (χ1v) is 14.7.